The van der Waals surface area contributed by atoms with E-state index in [0.717, 1.165) is 63.1 Å². The van der Waals surface area contributed by atoms with Crippen LogP contribution in [0.5, 0.6) is 0 Å². The molecule has 0 saturated carbocycles. The van der Waals surface area contributed by atoms with E-state index in [1.165, 1.54) is 5.57 Å². The molecule has 1 N–H and O–H groups in total. The van der Waals surface area contributed by atoms with Crippen LogP contribution in [0, 0.1) is 5.92 Å². The van der Waals surface area contributed by atoms with Gasteiger partial charge in [-0.1, -0.05) is 29.8 Å². The van der Waals surface area contributed by atoms with Crippen molar-refractivity contribution in [1.82, 2.24) is 15.1 Å². The Morgan fingerprint density at radius 2 is 1.97 bits per heavy atom. The van der Waals surface area contributed by atoms with Crippen molar-refractivity contribution in [2.24, 2.45) is 5.92 Å². The Morgan fingerprint density at radius 3 is 2.81 bits per heavy atom. The van der Waals surface area contributed by atoms with Gasteiger partial charge in [-0.25, -0.2) is 0 Å². The van der Waals surface area contributed by atoms with Gasteiger partial charge in [-0.2, -0.15) is 0 Å². The van der Waals surface area contributed by atoms with Crippen LogP contribution in [-0.4, -0.2) is 66.9 Å². The number of fused-ring (bicyclic) bond motifs is 4. The van der Waals surface area contributed by atoms with Gasteiger partial charge >= 0.3 is 0 Å². The van der Waals surface area contributed by atoms with Gasteiger partial charge in [0.1, 0.15) is 5.54 Å². The van der Waals surface area contributed by atoms with Crippen molar-refractivity contribution in [3.8, 4) is 0 Å². The Balaban J connectivity index is 1.56. The maximum atomic E-state index is 14.2. The van der Waals surface area contributed by atoms with E-state index in [-0.39, 0.29) is 17.7 Å². The number of nitrogens with one attached hydrogen (secondary N) is 1. The van der Waals surface area contributed by atoms with Gasteiger partial charge < -0.3 is 10.2 Å². The number of hydrogen-bond acceptors (Lipinski definition) is 4. The fourth-order valence-corrected chi connectivity index (χ4v) is 6.27. The van der Waals surface area contributed by atoms with Crippen LogP contribution in [0.4, 0.5) is 5.69 Å². The monoisotopic (exact) mass is 422 g/mol. The molecule has 3 saturated heterocycles. The summed E-state index contributed by atoms with van der Waals surface area (Å²) in [7, 11) is 0. The van der Waals surface area contributed by atoms with E-state index in [2.05, 4.69) is 47.2 Å². The molecule has 6 heteroatoms. The molecular weight excluding hydrogens is 388 g/mol. The van der Waals surface area contributed by atoms with E-state index in [0.29, 0.717) is 19.1 Å². The lowest BCUT2D eigenvalue weighted by atomic mass is 9.78. The third-order valence-corrected chi connectivity index (χ3v) is 7.68. The first-order valence-electron chi connectivity index (χ1n) is 11.8. The van der Waals surface area contributed by atoms with E-state index in [9.17, 15) is 9.59 Å². The minimum Gasteiger partial charge on any atom is -0.356 e. The summed E-state index contributed by atoms with van der Waals surface area (Å²) in [5, 5.41) is 3.20. The number of rotatable bonds is 2. The minimum absolute atomic E-state index is 0.0517. The highest BCUT2D eigenvalue weighted by Gasteiger charge is 2.67. The van der Waals surface area contributed by atoms with Gasteiger partial charge in [-0.05, 0) is 52.1 Å². The van der Waals surface area contributed by atoms with Gasteiger partial charge in [-0.3, -0.25) is 19.4 Å². The van der Waals surface area contributed by atoms with Crippen LogP contribution in [-0.2, 0) is 15.1 Å². The zero-order valence-corrected chi connectivity index (χ0v) is 18.8. The molecule has 0 aromatic heterocycles. The Bertz CT molecular complexity index is 909. The second-order valence-electron chi connectivity index (χ2n) is 9.74. The van der Waals surface area contributed by atoms with Crippen molar-refractivity contribution >= 4 is 17.5 Å². The van der Waals surface area contributed by atoms with E-state index < -0.39 is 5.54 Å². The standard InChI is InChI=1S/C25H34N4O2/c1-18(2)10-14-27-12-6-11-26-23(30)21-17-19-7-5-13-29(19)25(21)20-8-3-4-9-22(20)28(16-15-27)24(25)31/h3-4,8-10,19,21H,5-7,11-17H2,1-2H3,(H,26,30)/t19-,21-,25+/m0/s1. The van der Waals surface area contributed by atoms with Crippen molar-refractivity contribution in [3.63, 3.8) is 0 Å². The smallest absolute Gasteiger partial charge is 0.253 e. The van der Waals surface area contributed by atoms with Crippen LogP contribution < -0.4 is 10.2 Å². The van der Waals surface area contributed by atoms with Crippen molar-refractivity contribution < 1.29 is 9.59 Å². The quantitative estimate of drug-likeness (QED) is 0.744. The molecule has 0 radical (unpaired) electrons. The molecule has 2 bridgehead atoms. The molecule has 31 heavy (non-hydrogen) atoms. The van der Waals surface area contributed by atoms with Gasteiger partial charge in [-0.15, -0.1) is 0 Å². The SMILES string of the molecule is CC(C)=CCN1CCCNC(=O)[C@@H]2C[C@@H]3CCCN3[C@@]23C(=O)N(CC1)c1ccccc13. The summed E-state index contributed by atoms with van der Waals surface area (Å²) < 4.78 is 0. The summed E-state index contributed by atoms with van der Waals surface area (Å²) in [4.78, 5) is 34.4. The molecule has 4 aliphatic rings. The minimum atomic E-state index is -0.828. The van der Waals surface area contributed by atoms with Gasteiger partial charge in [0.25, 0.3) is 5.91 Å². The highest BCUT2D eigenvalue weighted by Crippen LogP contribution is 2.56. The number of nitrogens with zero attached hydrogens (tertiary/aromatic N) is 3. The normalized spacial score (nSPS) is 31.4. The van der Waals surface area contributed by atoms with Gasteiger partial charge in [0.15, 0.2) is 0 Å². The maximum absolute atomic E-state index is 14.2. The molecule has 1 aromatic carbocycles. The van der Waals surface area contributed by atoms with E-state index in [4.69, 9.17) is 0 Å². The third-order valence-electron chi connectivity index (χ3n) is 7.68. The highest BCUT2D eigenvalue weighted by molar-refractivity contribution is 6.10. The van der Waals surface area contributed by atoms with Crippen LogP contribution in [0.2, 0.25) is 0 Å². The molecule has 1 spiro atoms. The second kappa shape index (κ2) is 8.06. The summed E-state index contributed by atoms with van der Waals surface area (Å²) in [5.74, 6) is -0.144. The van der Waals surface area contributed by atoms with Gasteiger partial charge in [0.05, 0.1) is 5.92 Å². The molecule has 1 aromatic rings. The van der Waals surface area contributed by atoms with Crippen LogP contribution in [0.25, 0.3) is 0 Å². The van der Waals surface area contributed by atoms with E-state index >= 15 is 0 Å². The molecule has 4 heterocycles. The van der Waals surface area contributed by atoms with Gasteiger partial charge in [0.2, 0.25) is 5.91 Å². The third kappa shape index (κ3) is 3.23. The number of hydrogen-bond donors (Lipinski definition) is 1. The lowest BCUT2D eigenvalue weighted by Crippen LogP contribution is -2.57. The Kier molecular flexibility index (Phi) is 5.39. The lowest BCUT2D eigenvalue weighted by Gasteiger charge is -2.37. The summed E-state index contributed by atoms with van der Waals surface area (Å²) in [6.07, 6.45) is 6.14. The predicted octanol–water partition coefficient (Wildman–Crippen LogP) is 2.50. The van der Waals surface area contributed by atoms with Crippen molar-refractivity contribution in [1.29, 1.82) is 0 Å². The Morgan fingerprint density at radius 1 is 1.13 bits per heavy atom. The van der Waals surface area contributed by atoms with Crippen molar-refractivity contribution in [2.75, 3.05) is 44.2 Å². The zero-order chi connectivity index (χ0) is 21.6. The fraction of sp³-hybridized carbons (Fsp3) is 0.600. The maximum Gasteiger partial charge on any atom is 0.253 e. The number of allylic oxidation sites excluding steroid dienone is 1. The van der Waals surface area contributed by atoms with Crippen LogP contribution >= 0.6 is 0 Å². The number of benzene rings is 1. The lowest BCUT2D eigenvalue weighted by molar-refractivity contribution is -0.139. The van der Waals surface area contributed by atoms with E-state index in [1.54, 1.807) is 0 Å². The molecule has 0 unspecified atom stereocenters. The molecule has 3 fully saturated rings. The van der Waals surface area contributed by atoms with Crippen molar-refractivity contribution in [3.05, 3.63) is 41.5 Å². The largest absolute Gasteiger partial charge is 0.356 e. The van der Waals surface area contributed by atoms with Crippen LogP contribution in [0.3, 0.4) is 0 Å². The molecule has 2 amide bonds. The number of amides is 2. The number of carbonyl (C=O) groups is 2. The average Bonchev–Trinajstić information content (AvgIpc) is 3.40. The topological polar surface area (TPSA) is 55.9 Å². The first kappa shape index (κ1) is 20.7. The van der Waals surface area contributed by atoms with Crippen molar-refractivity contribution in [2.45, 2.75) is 51.1 Å². The molecule has 6 nitrogen and oxygen atoms in total. The van der Waals surface area contributed by atoms with Crippen LogP contribution in [0.15, 0.2) is 35.9 Å². The van der Waals surface area contributed by atoms with E-state index in [1.807, 2.05) is 17.0 Å². The summed E-state index contributed by atoms with van der Waals surface area (Å²) in [6.45, 7) is 9.10. The molecule has 5 rings (SSSR count). The number of anilines is 1. The summed E-state index contributed by atoms with van der Waals surface area (Å²) in [6, 6.07) is 8.53. The molecule has 4 aliphatic heterocycles. The number of para-hydroxylation sites is 1. The molecule has 3 atom stereocenters. The fourth-order valence-electron chi connectivity index (χ4n) is 6.27. The number of carbonyl (C=O) groups excluding carboxylic acids is 2. The molecule has 0 aliphatic carbocycles. The zero-order valence-electron chi connectivity index (χ0n) is 18.8. The second-order valence-corrected chi connectivity index (χ2v) is 9.74. The molecular formula is C25H34N4O2. The average molecular weight is 423 g/mol. The highest BCUT2D eigenvalue weighted by atomic mass is 16.2. The predicted molar refractivity (Wildman–Crippen MR) is 122 cm³/mol. The van der Waals surface area contributed by atoms with Gasteiger partial charge in [0, 0.05) is 50.0 Å². The Hall–Kier alpha value is -2.18. The molecule has 166 valence electrons. The van der Waals surface area contributed by atoms with Crippen LogP contribution in [0.1, 0.15) is 45.1 Å². The first-order valence-corrected chi connectivity index (χ1v) is 11.8. The Labute approximate surface area is 185 Å². The summed E-state index contributed by atoms with van der Waals surface area (Å²) in [5.41, 5.74) is 2.51. The summed E-state index contributed by atoms with van der Waals surface area (Å²) >= 11 is 0. The first-order chi connectivity index (χ1) is 15.0.